The third-order valence-electron chi connectivity index (χ3n) is 3.62. The van der Waals surface area contributed by atoms with Crippen LogP contribution in [0.5, 0.6) is 0 Å². The Labute approximate surface area is 130 Å². The molecular weight excluding hydrogens is 288 g/mol. The molecule has 112 valence electrons. The maximum absolute atomic E-state index is 11.9. The van der Waals surface area contributed by atoms with Crippen molar-refractivity contribution in [1.82, 2.24) is 20.4 Å². The van der Waals surface area contributed by atoms with Crippen molar-refractivity contribution in [3.63, 3.8) is 0 Å². The summed E-state index contributed by atoms with van der Waals surface area (Å²) in [5, 5.41) is 10.3. The Morgan fingerprint density at radius 1 is 1.29 bits per heavy atom. The van der Waals surface area contributed by atoms with E-state index in [2.05, 4.69) is 27.9 Å². The lowest BCUT2D eigenvalue weighted by atomic mass is 10.0. The molecule has 1 aromatic carbocycles. The van der Waals surface area contributed by atoms with Crippen molar-refractivity contribution in [2.24, 2.45) is 5.92 Å². The van der Waals surface area contributed by atoms with E-state index in [1.54, 1.807) is 6.20 Å². The summed E-state index contributed by atoms with van der Waals surface area (Å²) in [6.07, 6.45) is 3.71. The average Bonchev–Trinajstić information content (AvgIpc) is 2.88. The Morgan fingerprint density at radius 3 is 2.67 bits per heavy atom. The largest absolute Gasteiger partial charge is 0.352 e. The second kappa shape index (κ2) is 7.24. The van der Waals surface area contributed by atoms with Crippen LogP contribution < -0.4 is 10.6 Å². The van der Waals surface area contributed by atoms with E-state index >= 15 is 0 Å². The lowest BCUT2D eigenvalue weighted by molar-refractivity contribution is -0.126. The van der Waals surface area contributed by atoms with Crippen molar-refractivity contribution < 1.29 is 4.79 Å². The smallest absolute Gasteiger partial charge is 0.225 e. The van der Waals surface area contributed by atoms with E-state index in [-0.39, 0.29) is 24.2 Å². The maximum Gasteiger partial charge on any atom is 0.225 e. The number of amides is 1. The minimum absolute atomic E-state index is 0. The molecule has 2 N–H and O–H groups in total. The van der Waals surface area contributed by atoms with Crippen molar-refractivity contribution in [3.8, 4) is 0 Å². The van der Waals surface area contributed by atoms with Gasteiger partial charge in [0, 0.05) is 32.0 Å². The fourth-order valence-electron chi connectivity index (χ4n) is 2.25. The van der Waals surface area contributed by atoms with Gasteiger partial charge in [0.25, 0.3) is 0 Å². The first kappa shape index (κ1) is 15.5. The predicted octanol–water partition coefficient (Wildman–Crippen LogP) is 1.19. The molecule has 1 saturated heterocycles. The van der Waals surface area contributed by atoms with Crippen LogP contribution in [0.25, 0.3) is 0 Å². The number of carbonyl (C=O) groups is 1. The summed E-state index contributed by atoms with van der Waals surface area (Å²) in [5.74, 6) is 0.269. The Kier molecular flexibility index (Phi) is 5.36. The Balaban J connectivity index is 0.00000161. The highest BCUT2D eigenvalue weighted by Gasteiger charge is 2.24. The Bertz CT molecular complexity index is 581. The molecule has 21 heavy (non-hydrogen) atoms. The van der Waals surface area contributed by atoms with Gasteiger partial charge in [-0.15, -0.1) is 12.4 Å². The number of hydrogen-bond acceptors (Lipinski definition) is 3. The average molecular weight is 307 g/mol. The first-order chi connectivity index (χ1) is 9.83. The molecule has 1 aliphatic rings. The van der Waals surface area contributed by atoms with E-state index in [9.17, 15) is 4.79 Å². The number of rotatable bonds is 5. The predicted molar refractivity (Wildman–Crippen MR) is 83.2 cm³/mol. The minimum atomic E-state index is 0. The van der Waals surface area contributed by atoms with E-state index in [0.29, 0.717) is 6.54 Å². The summed E-state index contributed by atoms with van der Waals surface area (Å²) in [5.41, 5.74) is 2.33. The van der Waals surface area contributed by atoms with Crippen LogP contribution in [0.15, 0.2) is 42.7 Å². The van der Waals surface area contributed by atoms with Gasteiger partial charge in [-0.25, -0.2) is 0 Å². The molecule has 0 spiro atoms. The van der Waals surface area contributed by atoms with Crippen LogP contribution in [0.3, 0.4) is 0 Å². The topological polar surface area (TPSA) is 59.0 Å². The van der Waals surface area contributed by atoms with Gasteiger partial charge in [0.05, 0.1) is 12.5 Å². The molecule has 0 bridgehead atoms. The molecule has 2 aromatic rings. The van der Waals surface area contributed by atoms with E-state index in [1.165, 1.54) is 5.56 Å². The minimum Gasteiger partial charge on any atom is -0.352 e. The van der Waals surface area contributed by atoms with Crippen LogP contribution in [0, 0.1) is 5.92 Å². The monoisotopic (exact) mass is 306 g/mol. The van der Waals surface area contributed by atoms with E-state index in [4.69, 9.17) is 0 Å². The number of nitrogens with zero attached hydrogens (tertiary/aromatic N) is 2. The van der Waals surface area contributed by atoms with Crippen molar-refractivity contribution in [1.29, 1.82) is 0 Å². The van der Waals surface area contributed by atoms with Crippen LogP contribution in [-0.2, 0) is 17.9 Å². The molecular formula is C15H19ClN4O. The van der Waals surface area contributed by atoms with Crippen LogP contribution in [-0.4, -0.2) is 28.8 Å². The van der Waals surface area contributed by atoms with Gasteiger partial charge >= 0.3 is 0 Å². The lowest BCUT2D eigenvalue weighted by Crippen LogP contribution is -2.50. The number of hydrogen-bond donors (Lipinski definition) is 2. The summed E-state index contributed by atoms with van der Waals surface area (Å²) in [4.78, 5) is 11.9. The molecule has 1 aromatic heterocycles. The van der Waals surface area contributed by atoms with Gasteiger partial charge in [0.15, 0.2) is 0 Å². The van der Waals surface area contributed by atoms with Gasteiger partial charge in [-0.2, -0.15) is 5.10 Å². The summed E-state index contributed by atoms with van der Waals surface area (Å²) < 4.78 is 1.89. The number of halogens is 1. The van der Waals surface area contributed by atoms with Crippen molar-refractivity contribution in [2.75, 3.05) is 13.1 Å². The molecule has 0 radical (unpaired) electrons. The summed E-state index contributed by atoms with van der Waals surface area (Å²) in [6.45, 7) is 2.89. The molecule has 3 rings (SSSR count). The number of carbonyl (C=O) groups excluding carboxylic acids is 1. The van der Waals surface area contributed by atoms with Gasteiger partial charge in [0.1, 0.15) is 0 Å². The Hall–Kier alpha value is -1.85. The zero-order chi connectivity index (χ0) is 13.8. The third-order valence-corrected chi connectivity index (χ3v) is 3.62. The SMILES string of the molecule is Cl.O=C(NCc1ccccc1Cn1cccn1)C1CNC1. The van der Waals surface area contributed by atoms with Crippen molar-refractivity contribution in [2.45, 2.75) is 13.1 Å². The fraction of sp³-hybridized carbons (Fsp3) is 0.333. The standard InChI is InChI=1S/C15H18N4O.ClH/c20-15(14-8-16-9-14)17-10-12-4-1-2-5-13(12)11-19-7-3-6-18-19;/h1-7,14,16H,8-11H2,(H,17,20);1H. The fourth-order valence-corrected chi connectivity index (χ4v) is 2.25. The maximum atomic E-state index is 11.9. The van der Waals surface area contributed by atoms with Gasteiger partial charge < -0.3 is 10.6 Å². The molecule has 0 atom stereocenters. The van der Waals surface area contributed by atoms with Crippen LogP contribution >= 0.6 is 12.4 Å². The van der Waals surface area contributed by atoms with E-state index in [1.807, 2.05) is 29.1 Å². The van der Waals surface area contributed by atoms with Crippen LogP contribution in [0.2, 0.25) is 0 Å². The van der Waals surface area contributed by atoms with Gasteiger partial charge in [0.2, 0.25) is 5.91 Å². The lowest BCUT2D eigenvalue weighted by Gasteiger charge is -2.26. The van der Waals surface area contributed by atoms with Gasteiger partial charge in [-0.3, -0.25) is 9.48 Å². The number of aromatic nitrogens is 2. The Morgan fingerprint density at radius 2 is 2.05 bits per heavy atom. The molecule has 0 aliphatic carbocycles. The van der Waals surface area contributed by atoms with Crippen LogP contribution in [0.1, 0.15) is 11.1 Å². The molecule has 0 unspecified atom stereocenters. The van der Waals surface area contributed by atoms with Gasteiger partial charge in [-0.05, 0) is 17.2 Å². The molecule has 1 aliphatic heterocycles. The second-order valence-electron chi connectivity index (χ2n) is 5.05. The molecule has 1 amide bonds. The molecule has 6 heteroatoms. The van der Waals surface area contributed by atoms with Gasteiger partial charge in [-0.1, -0.05) is 24.3 Å². The third kappa shape index (κ3) is 3.83. The summed E-state index contributed by atoms with van der Waals surface area (Å²) in [7, 11) is 0. The quantitative estimate of drug-likeness (QED) is 0.872. The summed E-state index contributed by atoms with van der Waals surface area (Å²) in [6, 6.07) is 10.1. The highest BCUT2D eigenvalue weighted by molar-refractivity contribution is 5.85. The second-order valence-corrected chi connectivity index (χ2v) is 5.05. The molecule has 0 saturated carbocycles. The van der Waals surface area contributed by atoms with E-state index in [0.717, 1.165) is 25.2 Å². The highest BCUT2D eigenvalue weighted by atomic mass is 35.5. The van der Waals surface area contributed by atoms with Crippen molar-refractivity contribution >= 4 is 18.3 Å². The van der Waals surface area contributed by atoms with Crippen LogP contribution in [0.4, 0.5) is 0 Å². The van der Waals surface area contributed by atoms with Crippen molar-refractivity contribution in [3.05, 3.63) is 53.9 Å². The first-order valence-corrected chi connectivity index (χ1v) is 6.85. The zero-order valence-corrected chi connectivity index (χ0v) is 12.5. The zero-order valence-electron chi connectivity index (χ0n) is 11.7. The van der Waals surface area contributed by atoms with E-state index < -0.39 is 0 Å². The summed E-state index contributed by atoms with van der Waals surface area (Å²) >= 11 is 0. The molecule has 5 nitrogen and oxygen atoms in total. The number of nitrogens with one attached hydrogen (secondary N) is 2. The number of benzene rings is 1. The normalized spacial score (nSPS) is 14.1. The molecule has 2 heterocycles. The first-order valence-electron chi connectivity index (χ1n) is 6.85. The molecule has 1 fully saturated rings. The highest BCUT2D eigenvalue weighted by Crippen LogP contribution is 2.11.